The predicted octanol–water partition coefficient (Wildman–Crippen LogP) is 2.60. The minimum atomic E-state index is 0. The van der Waals surface area contributed by atoms with Crippen LogP contribution >= 0.6 is 24.0 Å². The molecule has 1 aliphatic heterocycles. The molecule has 3 aromatic rings. The molecule has 0 spiro atoms. The molecule has 2 N–H and O–H groups in total. The summed E-state index contributed by atoms with van der Waals surface area (Å²) in [7, 11) is 1.77. The molecule has 8 nitrogen and oxygen atoms in total. The molecule has 0 bridgehead atoms. The van der Waals surface area contributed by atoms with Gasteiger partial charge in [0.1, 0.15) is 5.82 Å². The molecule has 1 fully saturated rings. The van der Waals surface area contributed by atoms with Gasteiger partial charge in [-0.2, -0.15) is 0 Å². The topological polar surface area (TPSA) is 82.7 Å². The molecule has 1 saturated heterocycles. The number of aromatic nitrogens is 4. The Kier molecular flexibility index (Phi) is 7.62. The number of nitrogens with one attached hydrogen (secondary N) is 2. The molecule has 0 aliphatic carbocycles. The molecule has 4 heterocycles. The first kappa shape index (κ1) is 21.3. The number of anilines is 1. The van der Waals surface area contributed by atoms with E-state index in [4.69, 9.17) is 0 Å². The predicted molar refractivity (Wildman–Crippen MR) is 126 cm³/mol. The van der Waals surface area contributed by atoms with Crippen LogP contribution in [0.5, 0.6) is 0 Å². The van der Waals surface area contributed by atoms with E-state index in [0.717, 1.165) is 36.3 Å². The maximum Gasteiger partial charge on any atom is 0.191 e. The van der Waals surface area contributed by atoms with Gasteiger partial charge in [-0.3, -0.25) is 9.39 Å². The van der Waals surface area contributed by atoms with Crippen LogP contribution in [0.3, 0.4) is 0 Å². The molecule has 3 aromatic heterocycles. The highest BCUT2D eigenvalue weighted by atomic mass is 127. The number of aliphatic imine (C=N–C) groups is 1. The van der Waals surface area contributed by atoms with Gasteiger partial charge in [-0.1, -0.05) is 6.07 Å². The van der Waals surface area contributed by atoms with Crippen molar-refractivity contribution in [1.29, 1.82) is 0 Å². The number of guanidine groups is 1. The number of halogens is 1. The monoisotopic (exact) mass is 506 g/mol. The fourth-order valence-electron chi connectivity index (χ4n) is 3.45. The summed E-state index contributed by atoms with van der Waals surface area (Å²) in [5.41, 5.74) is 2.02. The first-order valence-electron chi connectivity index (χ1n) is 9.76. The Labute approximate surface area is 187 Å². The van der Waals surface area contributed by atoms with E-state index < -0.39 is 0 Å². The van der Waals surface area contributed by atoms with Gasteiger partial charge in [0, 0.05) is 39.1 Å². The number of fused-ring (bicyclic) bond motifs is 1. The Hall–Kier alpha value is -2.43. The third-order valence-corrected chi connectivity index (χ3v) is 4.97. The minimum Gasteiger partial charge on any atom is -0.357 e. The second-order valence-corrected chi connectivity index (χ2v) is 6.89. The Morgan fingerprint density at radius 1 is 1.07 bits per heavy atom. The van der Waals surface area contributed by atoms with Gasteiger partial charge >= 0.3 is 0 Å². The van der Waals surface area contributed by atoms with Gasteiger partial charge in [0.05, 0.1) is 6.54 Å². The van der Waals surface area contributed by atoms with Crippen LogP contribution in [0.2, 0.25) is 0 Å². The van der Waals surface area contributed by atoms with Crippen LogP contribution in [0.1, 0.15) is 30.7 Å². The lowest BCUT2D eigenvalue weighted by atomic mass is 10.1. The summed E-state index contributed by atoms with van der Waals surface area (Å²) >= 11 is 0. The van der Waals surface area contributed by atoms with Crippen LogP contribution in [-0.4, -0.2) is 45.7 Å². The molecule has 0 saturated carbocycles. The molecule has 0 aromatic carbocycles. The summed E-state index contributed by atoms with van der Waals surface area (Å²) < 4.78 is 1.97. The lowest BCUT2D eigenvalue weighted by Crippen LogP contribution is -2.37. The summed E-state index contributed by atoms with van der Waals surface area (Å²) in [5, 5.41) is 15.1. The van der Waals surface area contributed by atoms with E-state index in [1.165, 1.54) is 24.8 Å². The Morgan fingerprint density at radius 2 is 1.90 bits per heavy atom. The molecule has 0 radical (unpaired) electrons. The largest absolute Gasteiger partial charge is 0.357 e. The molecule has 0 amide bonds. The van der Waals surface area contributed by atoms with Crippen molar-refractivity contribution in [2.24, 2.45) is 4.99 Å². The Bertz CT molecular complexity index is 948. The van der Waals surface area contributed by atoms with E-state index in [1.807, 2.05) is 41.1 Å². The number of piperidine rings is 1. The molecule has 4 rings (SSSR count). The lowest BCUT2D eigenvalue weighted by Gasteiger charge is -2.28. The van der Waals surface area contributed by atoms with Crippen LogP contribution in [0.15, 0.2) is 47.7 Å². The number of rotatable bonds is 5. The second kappa shape index (κ2) is 10.4. The van der Waals surface area contributed by atoms with E-state index in [0.29, 0.717) is 13.1 Å². The number of hydrogen-bond acceptors (Lipinski definition) is 5. The second-order valence-electron chi connectivity index (χ2n) is 6.89. The van der Waals surface area contributed by atoms with Crippen molar-refractivity contribution in [3.8, 4) is 0 Å². The van der Waals surface area contributed by atoms with Crippen LogP contribution in [0.25, 0.3) is 5.65 Å². The van der Waals surface area contributed by atoms with Crippen molar-refractivity contribution in [3.63, 3.8) is 0 Å². The van der Waals surface area contributed by atoms with E-state index in [1.54, 1.807) is 7.05 Å². The first-order chi connectivity index (χ1) is 13.8. The third kappa shape index (κ3) is 5.34. The molecule has 154 valence electrons. The zero-order valence-corrected chi connectivity index (χ0v) is 18.9. The van der Waals surface area contributed by atoms with E-state index in [2.05, 4.69) is 41.8 Å². The zero-order valence-electron chi connectivity index (χ0n) is 16.6. The van der Waals surface area contributed by atoms with Gasteiger partial charge in [0.15, 0.2) is 17.4 Å². The Balaban J connectivity index is 0.00000240. The fraction of sp³-hybridized carbons (Fsp3) is 0.400. The van der Waals surface area contributed by atoms with Crippen molar-refractivity contribution in [3.05, 3.63) is 54.1 Å². The van der Waals surface area contributed by atoms with E-state index >= 15 is 0 Å². The SMILES string of the molecule is CN=C(NCc1ccnc(N2CCCCC2)c1)NCc1nnc2ccccn12.I. The maximum absolute atomic E-state index is 4.54. The van der Waals surface area contributed by atoms with E-state index in [-0.39, 0.29) is 24.0 Å². The maximum atomic E-state index is 4.54. The summed E-state index contributed by atoms with van der Waals surface area (Å²) in [6.45, 7) is 3.42. The number of pyridine rings is 2. The van der Waals surface area contributed by atoms with Crippen molar-refractivity contribution in [1.82, 2.24) is 30.2 Å². The fourth-order valence-corrected chi connectivity index (χ4v) is 3.45. The molecule has 29 heavy (non-hydrogen) atoms. The van der Waals surface area contributed by atoms with Gasteiger partial charge in [0.25, 0.3) is 0 Å². The average molecular weight is 506 g/mol. The third-order valence-electron chi connectivity index (χ3n) is 4.97. The summed E-state index contributed by atoms with van der Waals surface area (Å²) in [4.78, 5) is 11.2. The summed E-state index contributed by atoms with van der Waals surface area (Å²) in [5.74, 6) is 2.63. The highest BCUT2D eigenvalue weighted by molar-refractivity contribution is 14.0. The molecule has 0 atom stereocenters. The Morgan fingerprint density at radius 3 is 2.72 bits per heavy atom. The van der Waals surface area contributed by atoms with Crippen LogP contribution in [0.4, 0.5) is 5.82 Å². The van der Waals surface area contributed by atoms with Gasteiger partial charge in [-0.15, -0.1) is 34.2 Å². The normalized spacial score (nSPS) is 14.5. The zero-order chi connectivity index (χ0) is 19.2. The molecule has 1 aliphatic rings. The highest BCUT2D eigenvalue weighted by Crippen LogP contribution is 2.18. The van der Waals surface area contributed by atoms with Gasteiger partial charge in [-0.25, -0.2) is 4.98 Å². The van der Waals surface area contributed by atoms with Crippen LogP contribution in [-0.2, 0) is 13.1 Å². The van der Waals surface area contributed by atoms with Crippen molar-refractivity contribution in [2.75, 3.05) is 25.0 Å². The molecular formula is C20H27IN8. The summed E-state index contributed by atoms with van der Waals surface area (Å²) in [6, 6.07) is 10.1. The molecule has 9 heteroatoms. The van der Waals surface area contributed by atoms with Crippen LogP contribution < -0.4 is 15.5 Å². The first-order valence-corrected chi connectivity index (χ1v) is 9.76. The smallest absolute Gasteiger partial charge is 0.191 e. The number of nitrogens with zero attached hydrogens (tertiary/aromatic N) is 6. The lowest BCUT2D eigenvalue weighted by molar-refractivity contribution is 0.573. The van der Waals surface area contributed by atoms with Gasteiger partial charge < -0.3 is 15.5 Å². The standard InChI is InChI=1S/C20H26N8.HI/c1-21-20(24-15-19-26-25-17-7-3-6-12-28(17)19)23-14-16-8-9-22-18(13-16)27-10-4-2-5-11-27;/h3,6-9,12-13H,2,4-5,10-11,14-15H2,1H3,(H2,21,23,24);1H. The van der Waals surface area contributed by atoms with Gasteiger partial charge in [-0.05, 0) is 49.1 Å². The quantitative estimate of drug-likeness (QED) is 0.315. The van der Waals surface area contributed by atoms with Gasteiger partial charge in [0.2, 0.25) is 0 Å². The van der Waals surface area contributed by atoms with Crippen LogP contribution in [0, 0.1) is 0 Å². The average Bonchev–Trinajstić information content (AvgIpc) is 3.18. The highest BCUT2D eigenvalue weighted by Gasteiger charge is 2.12. The number of hydrogen-bond donors (Lipinski definition) is 2. The molecular weight excluding hydrogens is 479 g/mol. The van der Waals surface area contributed by atoms with Crippen molar-refractivity contribution >= 4 is 41.4 Å². The van der Waals surface area contributed by atoms with Crippen molar-refractivity contribution in [2.45, 2.75) is 32.4 Å². The molecule has 0 unspecified atom stereocenters. The summed E-state index contributed by atoms with van der Waals surface area (Å²) in [6.07, 6.45) is 7.66. The van der Waals surface area contributed by atoms with Crippen molar-refractivity contribution < 1.29 is 0 Å². The van der Waals surface area contributed by atoms with E-state index in [9.17, 15) is 0 Å². The minimum absolute atomic E-state index is 0.